The van der Waals surface area contributed by atoms with Crippen LogP contribution in [0.3, 0.4) is 0 Å². The molecular weight excluding hydrogens is 166 g/mol. The molecule has 3 heteroatoms. The zero-order valence-corrected chi connectivity index (χ0v) is 8.71. The van der Waals surface area contributed by atoms with Gasteiger partial charge in [0, 0.05) is 31.0 Å². The molecule has 1 saturated heterocycles. The van der Waals surface area contributed by atoms with Gasteiger partial charge in [-0.2, -0.15) is 0 Å². The fraction of sp³-hybridized carbons (Fsp3) is 0.900. The number of aliphatic hydroxyl groups excluding tert-OH is 1. The maximum atomic E-state index is 11.8. The summed E-state index contributed by atoms with van der Waals surface area (Å²) in [5.74, 6) is 0.495. The smallest absolute Gasteiger partial charge is 0.227 e. The lowest BCUT2D eigenvalue weighted by Gasteiger charge is -2.25. The SMILES string of the molecule is CC(C)(C)C(=O)N1CCC(CO)C1. The van der Waals surface area contributed by atoms with Gasteiger partial charge in [-0.3, -0.25) is 4.79 Å². The van der Waals surface area contributed by atoms with Crippen molar-refractivity contribution in [2.75, 3.05) is 19.7 Å². The fourth-order valence-electron chi connectivity index (χ4n) is 1.64. The lowest BCUT2D eigenvalue weighted by Crippen LogP contribution is -2.38. The first-order valence-electron chi connectivity index (χ1n) is 4.85. The molecule has 0 aromatic carbocycles. The van der Waals surface area contributed by atoms with E-state index in [0.717, 1.165) is 19.5 Å². The third kappa shape index (κ3) is 2.44. The van der Waals surface area contributed by atoms with E-state index in [4.69, 9.17) is 5.11 Å². The molecule has 0 aromatic rings. The van der Waals surface area contributed by atoms with Crippen molar-refractivity contribution < 1.29 is 9.90 Å². The Balaban J connectivity index is 2.52. The normalized spacial score (nSPS) is 23.7. The van der Waals surface area contributed by atoms with Crippen LogP contribution in [-0.4, -0.2) is 35.6 Å². The van der Waals surface area contributed by atoms with Crippen molar-refractivity contribution in [2.45, 2.75) is 27.2 Å². The number of hydrogen-bond acceptors (Lipinski definition) is 2. The molecule has 1 amide bonds. The first-order valence-corrected chi connectivity index (χ1v) is 4.85. The second-order valence-corrected chi connectivity index (χ2v) is 4.84. The van der Waals surface area contributed by atoms with Crippen LogP contribution in [0.25, 0.3) is 0 Å². The van der Waals surface area contributed by atoms with Crippen LogP contribution in [-0.2, 0) is 4.79 Å². The Bertz CT molecular complexity index is 196. The Hall–Kier alpha value is -0.570. The Morgan fingerprint density at radius 2 is 2.15 bits per heavy atom. The van der Waals surface area contributed by atoms with Gasteiger partial charge in [0.2, 0.25) is 5.91 Å². The van der Waals surface area contributed by atoms with E-state index >= 15 is 0 Å². The predicted octanol–water partition coefficient (Wildman–Crippen LogP) is 0.873. The minimum Gasteiger partial charge on any atom is -0.396 e. The monoisotopic (exact) mass is 185 g/mol. The number of nitrogens with zero attached hydrogens (tertiary/aromatic N) is 1. The summed E-state index contributed by atoms with van der Waals surface area (Å²) in [6.45, 7) is 7.53. The van der Waals surface area contributed by atoms with E-state index in [1.54, 1.807) is 0 Å². The van der Waals surface area contributed by atoms with Gasteiger partial charge in [0.05, 0.1) is 0 Å². The predicted molar refractivity (Wildman–Crippen MR) is 51.2 cm³/mol. The zero-order valence-electron chi connectivity index (χ0n) is 8.71. The van der Waals surface area contributed by atoms with Crippen molar-refractivity contribution in [1.82, 2.24) is 4.90 Å². The zero-order chi connectivity index (χ0) is 10.1. The van der Waals surface area contributed by atoms with Crippen molar-refractivity contribution in [3.63, 3.8) is 0 Å². The fourth-order valence-corrected chi connectivity index (χ4v) is 1.64. The summed E-state index contributed by atoms with van der Waals surface area (Å²) in [7, 11) is 0. The summed E-state index contributed by atoms with van der Waals surface area (Å²) in [6.07, 6.45) is 0.943. The number of carbonyl (C=O) groups is 1. The Labute approximate surface area is 79.7 Å². The molecule has 0 saturated carbocycles. The highest BCUT2D eigenvalue weighted by atomic mass is 16.3. The van der Waals surface area contributed by atoms with Crippen LogP contribution in [0.2, 0.25) is 0 Å². The van der Waals surface area contributed by atoms with Crippen LogP contribution in [0.5, 0.6) is 0 Å². The van der Waals surface area contributed by atoms with Gasteiger partial charge in [0.25, 0.3) is 0 Å². The molecule has 1 N–H and O–H groups in total. The molecule has 1 atom stereocenters. The molecule has 0 bridgehead atoms. The maximum Gasteiger partial charge on any atom is 0.227 e. The molecule has 1 heterocycles. The van der Waals surface area contributed by atoms with E-state index in [1.807, 2.05) is 25.7 Å². The first-order chi connectivity index (χ1) is 5.95. The molecule has 1 fully saturated rings. The third-order valence-corrected chi connectivity index (χ3v) is 2.47. The van der Waals surface area contributed by atoms with Gasteiger partial charge >= 0.3 is 0 Å². The van der Waals surface area contributed by atoms with Gasteiger partial charge < -0.3 is 10.0 Å². The minimum absolute atomic E-state index is 0.198. The summed E-state index contributed by atoms with van der Waals surface area (Å²) in [5, 5.41) is 8.93. The van der Waals surface area contributed by atoms with Gasteiger partial charge in [-0.1, -0.05) is 20.8 Å². The van der Waals surface area contributed by atoms with E-state index in [1.165, 1.54) is 0 Å². The van der Waals surface area contributed by atoms with Crippen molar-refractivity contribution in [1.29, 1.82) is 0 Å². The van der Waals surface area contributed by atoms with E-state index in [9.17, 15) is 4.79 Å². The lowest BCUT2D eigenvalue weighted by molar-refractivity contribution is -0.138. The summed E-state index contributed by atoms with van der Waals surface area (Å²) in [6, 6.07) is 0. The largest absolute Gasteiger partial charge is 0.396 e. The van der Waals surface area contributed by atoms with Crippen molar-refractivity contribution in [3.05, 3.63) is 0 Å². The molecule has 0 spiro atoms. The quantitative estimate of drug-likeness (QED) is 0.658. The maximum absolute atomic E-state index is 11.8. The minimum atomic E-state index is -0.287. The topological polar surface area (TPSA) is 40.5 Å². The van der Waals surface area contributed by atoms with E-state index < -0.39 is 0 Å². The van der Waals surface area contributed by atoms with Crippen LogP contribution >= 0.6 is 0 Å². The Morgan fingerprint density at radius 3 is 2.54 bits per heavy atom. The van der Waals surface area contributed by atoms with Crippen LogP contribution in [0.15, 0.2) is 0 Å². The molecule has 1 unspecified atom stereocenters. The number of aliphatic hydroxyl groups is 1. The molecule has 1 aliphatic rings. The second kappa shape index (κ2) is 3.66. The molecule has 0 aliphatic carbocycles. The average molecular weight is 185 g/mol. The molecule has 1 aliphatic heterocycles. The van der Waals surface area contributed by atoms with Crippen molar-refractivity contribution in [2.24, 2.45) is 11.3 Å². The number of likely N-dealkylation sites (tertiary alicyclic amines) is 1. The molecule has 1 rings (SSSR count). The van der Waals surface area contributed by atoms with Gasteiger partial charge in [-0.05, 0) is 6.42 Å². The summed E-state index contributed by atoms with van der Waals surface area (Å²) < 4.78 is 0. The van der Waals surface area contributed by atoms with Gasteiger partial charge in [-0.25, -0.2) is 0 Å². The summed E-state index contributed by atoms with van der Waals surface area (Å²) in [4.78, 5) is 13.6. The molecule has 0 aromatic heterocycles. The van der Waals surface area contributed by atoms with Crippen LogP contribution in [0.4, 0.5) is 0 Å². The molecular formula is C10H19NO2. The number of amides is 1. The molecule has 76 valence electrons. The number of hydrogen-bond donors (Lipinski definition) is 1. The number of rotatable bonds is 1. The van der Waals surface area contributed by atoms with Crippen LogP contribution < -0.4 is 0 Å². The molecule has 0 radical (unpaired) electrons. The molecule has 3 nitrogen and oxygen atoms in total. The van der Waals surface area contributed by atoms with Gasteiger partial charge in [-0.15, -0.1) is 0 Å². The van der Waals surface area contributed by atoms with Crippen LogP contribution in [0.1, 0.15) is 27.2 Å². The van der Waals surface area contributed by atoms with Crippen molar-refractivity contribution >= 4 is 5.91 Å². The summed E-state index contributed by atoms with van der Waals surface area (Å²) in [5.41, 5.74) is -0.287. The van der Waals surface area contributed by atoms with Gasteiger partial charge in [0.15, 0.2) is 0 Å². The average Bonchev–Trinajstić information content (AvgIpc) is 2.48. The van der Waals surface area contributed by atoms with E-state index in [-0.39, 0.29) is 17.9 Å². The standard InChI is InChI=1S/C10H19NO2/c1-10(2,3)9(13)11-5-4-8(6-11)7-12/h8,12H,4-7H2,1-3H3. The number of carbonyl (C=O) groups excluding carboxylic acids is 1. The Kier molecular flexibility index (Phi) is 2.96. The highest BCUT2D eigenvalue weighted by Gasteiger charge is 2.32. The Morgan fingerprint density at radius 1 is 1.54 bits per heavy atom. The highest BCUT2D eigenvalue weighted by molar-refractivity contribution is 5.81. The van der Waals surface area contributed by atoms with Gasteiger partial charge in [0.1, 0.15) is 0 Å². The van der Waals surface area contributed by atoms with Crippen molar-refractivity contribution in [3.8, 4) is 0 Å². The first kappa shape index (κ1) is 10.5. The van der Waals surface area contributed by atoms with Crippen LogP contribution in [0, 0.1) is 11.3 Å². The lowest BCUT2D eigenvalue weighted by atomic mass is 9.95. The van der Waals surface area contributed by atoms with E-state index in [0.29, 0.717) is 5.92 Å². The molecule has 13 heavy (non-hydrogen) atoms. The van der Waals surface area contributed by atoms with E-state index in [2.05, 4.69) is 0 Å². The highest BCUT2D eigenvalue weighted by Crippen LogP contribution is 2.23. The third-order valence-electron chi connectivity index (χ3n) is 2.47. The summed E-state index contributed by atoms with van der Waals surface area (Å²) >= 11 is 0. The second-order valence-electron chi connectivity index (χ2n) is 4.84.